The molecule has 3 rings (SSSR count). The molecule has 0 bridgehead atoms. The summed E-state index contributed by atoms with van der Waals surface area (Å²) in [6, 6.07) is 8.69. The highest BCUT2D eigenvalue weighted by atomic mass is 16.4. The highest BCUT2D eigenvalue weighted by Crippen LogP contribution is 2.20. The Morgan fingerprint density at radius 3 is 2.09 bits per heavy atom. The minimum Gasteiger partial charge on any atom is -0.508 e. The van der Waals surface area contributed by atoms with Crippen LogP contribution in [0.3, 0.4) is 0 Å². The number of phenolic OH excluding ortho intramolecular Hbond substituents is 1. The Labute approximate surface area is 254 Å². The minimum absolute atomic E-state index is 0.0153. The van der Waals surface area contributed by atoms with E-state index < -0.39 is 53.8 Å². The van der Waals surface area contributed by atoms with Crippen LogP contribution in [0.5, 0.6) is 5.75 Å². The molecule has 0 fully saturated rings. The first-order valence-corrected chi connectivity index (χ1v) is 14.3. The fourth-order valence-corrected chi connectivity index (χ4v) is 4.75. The lowest BCUT2D eigenvalue weighted by molar-refractivity contribution is -0.142. The molecule has 1 heterocycles. The molecule has 0 spiro atoms. The first-order chi connectivity index (χ1) is 20.8. The van der Waals surface area contributed by atoms with Gasteiger partial charge in [0.05, 0.1) is 6.04 Å². The van der Waals surface area contributed by atoms with Crippen LogP contribution < -0.4 is 27.4 Å². The molecule has 13 nitrogen and oxygen atoms in total. The van der Waals surface area contributed by atoms with E-state index in [1.807, 2.05) is 38.1 Å². The van der Waals surface area contributed by atoms with Gasteiger partial charge < -0.3 is 42.6 Å². The number of hydrogen-bond acceptors (Lipinski definition) is 7. The first kappa shape index (κ1) is 33.6. The molecule has 0 aliphatic heterocycles. The largest absolute Gasteiger partial charge is 0.508 e. The second-order valence-electron chi connectivity index (χ2n) is 11.2. The second kappa shape index (κ2) is 15.5. The smallest absolute Gasteiger partial charge is 0.326 e. The number of carbonyl (C=O) groups is 5. The van der Waals surface area contributed by atoms with Crippen molar-refractivity contribution >= 4 is 40.5 Å². The van der Waals surface area contributed by atoms with Gasteiger partial charge in [0.25, 0.3) is 0 Å². The summed E-state index contributed by atoms with van der Waals surface area (Å²) in [4.78, 5) is 66.3. The van der Waals surface area contributed by atoms with Gasteiger partial charge in [-0.25, -0.2) is 4.79 Å². The molecule has 4 unspecified atom stereocenters. The molecule has 10 N–H and O–H groups in total. The van der Waals surface area contributed by atoms with Crippen LogP contribution in [0.4, 0.5) is 0 Å². The maximum atomic E-state index is 13.7. The Morgan fingerprint density at radius 1 is 0.841 bits per heavy atom. The Balaban J connectivity index is 1.81. The third-order valence-electron chi connectivity index (χ3n) is 7.10. The molecule has 1 aromatic heterocycles. The van der Waals surface area contributed by atoms with Crippen molar-refractivity contribution in [1.29, 1.82) is 0 Å². The van der Waals surface area contributed by atoms with Crippen molar-refractivity contribution < 1.29 is 34.2 Å². The van der Waals surface area contributed by atoms with Crippen LogP contribution in [-0.4, -0.2) is 69.0 Å². The molecule has 3 aromatic rings. The Hall–Kier alpha value is -4.91. The number of primary amides is 1. The van der Waals surface area contributed by atoms with Gasteiger partial charge in [-0.15, -0.1) is 0 Å². The van der Waals surface area contributed by atoms with Crippen molar-refractivity contribution in [2.75, 3.05) is 0 Å². The molecule has 236 valence electrons. The fraction of sp³-hybridized carbons (Fsp3) is 0.387. The number of aromatic nitrogens is 1. The molecule has 0 radical (unpaired) electrons. The molecule has 0 aliphatic carbocycles. The van der Waals surface area contributed by atoms with Gasteiger partial charge in [-0.1, -0.05) is 44.2 Å². The van der Waals surface area contributed by atoms with E-state index in [0.717, 1.165) is 16.5 Å². The number of nitrogens with one attached hydrogen (secondary N) is 4. The predicted molar refractivity (Wildman–Crippen MR) is 163 cm³/mol. The fourth-order valence-electron chi connectivity index (χ4n) is 4.75. The lowest BCUT2D eigenvalue weighted by Gasteiger charge is -2.26. The standard InChI is InChI=1S/C31H40N6O7/c1-17(2)13-24(29(41)37-26(31(43)44)14-18-7-9-20(38)10-8-18)36-30(42)25(35-28(40)22(32)11-12-27(33)39)15-19-16-34-23-6-4-3-5-21(19)23/h3-10,16-17,22,24-26,34,38H,11-15,32H2,1-2H3,(H2,33,39)(H,35,40)(H,36,42)(H,37,41)(H,43,44). The average Bonchev–Trinajstić information content (AvgIpc) is 3.38. The number of nitrogens with two attached hydrogens (primary N) is 2. The highest BCUT2D eigenvalue weighted by molar-refractivity contribution is 5.95. The number of rotatable bonds is 16. The van der Waals surface area contributed by atoms with E-state index in [2.05, 4.69) is 20.9 Å². The number of aromatic amines is 1. The van der Waals surface area contributed by atoms with Gasteiger partial charge in [0.2, 0.25) is 23.6 Å². The summed E-state index contributed by atoms with van der Waals surface area (Å²) in [6.07, 6.45) is 1.79. The molecule has 0 saturated heterocycles. The molecule has 4 amide bonds. The van der Waals surface area contributed by atoms with Crippen molar-refractivity contribution in [1.82, 2.24) is 20.9 Å². The number of aromatic hydroxyl groups is 1. The number of carboxylic acid groups (broad SMARTS) is 1. The predicted octanol–water partition coefficient (Wildman–Crippen LogP) is 0.837. The van der Waals surface area contributed by atoms with Crippen molar-refractivity contribution in [3.8, 4) is 5.75 Å². The summed E-state index contributed by atoms with van der Waals surface area (Å²) >= 11 is 0. The molecule has 0 saturated carbocycles. The van der Waals surface area contributed by atoms with Crippen molar-refractivity contribution in [2.45, 2.75) is 70.1 Å². The third kappa shape index (κ3) is 9.83. The highest BCUT2D eigenvalue weighted by Gasteiger charge is 2.31. The normalized spacial score (nSPS) is 13.9. The number of benzene rings is 2. The lowest BCUT2D eigenvalue weighted by Crippen LogP contribution is -2.58. The third-order valence-corrected chi connectivity index (χ3v) is 7.10. The van der Waals surface area contributed by atoms with Crippen LogP contribution in [0.1, 0.15) is 44.2 Å². The maximum absolute atomic E-state index is 13.7. The maximum Gasteiger partial charge on any atom is 0.326 e. The zero-order valence-corrected chi connectivity index (χ0v) is 24.7. The van der Waals surface area contributed by atoms with E-state index in [0.29, 0.717) is 5.56 Å². The van der Waals surface area contributed by atoms with Crippen LogP contribution in [0, 0.1) is 5.92 Å². The van der Waals surface area contributed by atoms with E-state index in [1.165, 1.54) is 12.1 Å². The molecule has 13 heteroatoms. The van der Waals surface area contributed by atoms with E-state index in [-0.39, 0.29) is 43.8 Å². The van der Waals surface area contributed by atoms with Crippen molar-refractivity contribution in [3.05, 3.63) is 65.9 Å². The molecule has 44 heavy (non-hydrogen) atoms. The van der Waals surface area contributed by atoms with Gasteiger partial charge in [0.1, 0.15) is 23.9 Å². The van der Waals surface area contributed by atoms with Gasteiger partial charge in [-0.2, -0.15) is 0 Å². The zero-order chi connectivity index (χ0) is 32.4. The number of carboxylic acids is 1. The average molecular weight is 609 g/mol. The summed E-state index contributed by atoms with van der Waals surface area (Å²) in [6.45, 7) is 3.70. The molecular weight excluding hydrogens is 568 g/mol. The Bertz CT molecular complexity index is 1470. The molecule has 2 aromatic carbocycles. The van der Waals surface area contributed by atoms with Gasteiger partial charge >= 0.3 is 5.97 Å². The van der Waals surface area contributed by atoms with E-state index in [1.54, 1.807) is 18.3 Å². The Kier molecular flexibility index (Phi) is 11.9. The van der Waals surface area contributed by atoms with Crippen molar-refractivity contribution in [2.24, 2.45) is 17.4 Å². The monoisotopic (exact) mass is 608 g/mol. The second-order valence-corrected chi connectivity index (χ2v) is 11.2. The van der Waals surface area contributed by atoms with Crippen LogP contribution in [-0.2, 0) is 36.8 Å². The quantitative estimate of drug-likeness (QED) is 0.116. The van der Waals surface area contributed by atoms with Gasteiger partial charge in [-0.05, 0) is 48.1 Å². The topological polar surface area (TPSA) is 230 Å². The summed E-state index contributed by atoms with van der Waals surface area (Å²) < 4.78 is 0. The number of aliphatic carboxylic acids is 1. The summed E-state index contributed by atoms with van der Waals surface area (Å²) in [5.74, 6) is -3.96. The summed E-state index contributed by atoms with van der Waals surface area (Å²) in [7, 11) is 0. The number of phenols is 1. The minimum atomic E-state index is -1.30. The number of hydrogen-bond donors (Lipinski definition) is 8. The number of amides is 4. The SMILES string of the molecule is CC(C)CC(NC(=O)C(Cc1c[nH]c2ccccc12)NC(=O)C(N)CCC(N)=O)C(=O)NC(Cc1ccc(O)cc1)C(=O)O. The van der Waals surface area contributed by atoms with Gasteiger partial charge in [0, 0.05) is 36.4 Å². The van der Waals surface area contributed by atoms with Crippen LogP contribution in [0.2, 0.25) is 0 Å². The summed E-state index contributed by atoms with van der Waals surface area (Å²) in [5.41, 5.74) is 13.3. The van der Waals surface area contributed by atoms with Crippen LogP contribution in [0.15, 0.2) is 54.7 Å². The van der Waals surface area contributed by atoms with Gasteiger partial charge in [-0.3, -0.25) is 19.2 Å². The van der Waals surface area contributed by atoms with Crippen LogP contribution in [0.25, 0.3) is 10.9 Å². The molecular formula is C31H40N6O7. The van der Waals surface area contributed by atoms with Crippen LogP contribution >= 0.6 is 0 Å². The van der Waals surface area contributed by atoms with Gasteiger partial charge in [0.15, 0.2) is 0 Å². The number of H-pyrrole nitrogens is 1. The first-order valence-electron chi connectivity index (χ1n) is 14.3. The van der Waals surface area contributed by atoms with E-state index >= 15 is 0 Å². The molecule has 0 aliphatic rings. The zero-order valence-electron chi connectivity index (χ0n) is 24.7. The lowest BCUT2D eigenvalue weighted by atomic mass is 9.99. The van der Waals surface area contributed by atoms with Crippen molar-refractivity contribution in [3.63, 3.8) is 0 Å². The van der Waals surface area contributed by atoms with E-state index in [9.17, 15) is 34.2 Å². The number of fused-ring (bicyclic) bond motifs is 1. The number of para-hydroxylation sites is 1. The number of carbonyl (C=O) groups excluding carboxylic acids is 4. The Morgan fingerprint density at radius 2 is 1.45 bits per heavy atom. The van der Waals surface area contributed by atoms with E-state index in [4.69, 9.17) is 11.5 Å². The summed E-state index contributed by atoms with van der Waals surface area (Å²) in [5, 5.41) is 28.0. The molecule has 4 atom stereocenters.